The smallest absolute Gasteiger partial charge is 0.258 e. The predicted octanol–water partition coefficient (Wildman–Crippen LogP) is 3.73. The van der Waals surface area contributed by atoms with Gasteiger partial charge in [-0.15, -0.1) is 0 Å². The molecule has 1 aliphatic rings. The summed E-state index contributed by atoms with van der Waals surface area (Å²) in [5.74, 6) is 0.0173. The van der Waals surface area contributed by atoms with Crippen LogP contribution in [-0.2, 0) is 6.54 Å². The first-order chi connectivity index (χ1) is 12.7. The number of hydrogen-bond acceptors (Lipinski definition) is 3. The van der Waals surface area contributed by atoms with Crippen LogP contribution in [0.4, 0.5) is 0 Å². The van der Waals surface area contributed by atoms with Crippen molar-refractivity contribution in [2.45, 2.75) is 32.2 Å². The maximum atomic E-state index is 13.2. The fourth-order valence-electron chi connectivity index (χ4n) is 3.91. The first kappa shape index (κ1) is 16.7. The van der Waals surface area contributed by atoms with Gasteiger partial charge in [-0.25, -0.2) is 0 Å². The highest BCUT2D eigenvalue weighted by Gasteiger charge is 2.31. The Morgan fingerprint density at radius 3 is 2.19 bits per heavy atom. The Hall–Kier alpha value is -2.72. The highest BCUT2D eigenvalue weighted by molar-refractivity contribution is 6.26. The van der Waals surface area contributed by atoms with Gasteiger partial charge in [-0.3, -0.25) is 9.59 Å². The van der Waals surface area contributed by atoms with Crippen molar-refractivity contribution < 1.29 is 4.79 Å². The molecule has 2 aromatic carbocycles. The fourth-order valence-corrected chi connectivity index (χ4v) is 3.91. The molecule has 0 spiro atoms. The van der Waals surface area contributed by atoms with E-state index in [1.165, 1.54) is 0 Å². The van der Waals surface area contributed by atoms with Crippen molar-refractivity contribution in [3.63, 3.8) is 0 Å². The molecule has 0 unspecified atom stereocenters. The maximum absolute atomic E-state index is 13.2. The number of aromatic nitrogens is 1. The van der Waals surface area contributed by atoms with Crippen LogP contribution in [0.25, 0.3) is 22.0 Å². The minimum Gasteiger partial charge on any atom is -0.330 e. The fraction of sp³-hybridized carbons (Fsp3) is 0.273. The lowest BCUT2D eigenvalue weighted by Crippen LogP contribution is -2.23. The van der Waals surface area contributed by atoms with E-state index in [4.69, 9.17) is 5.73 Å². The molecular formula is C22H22N2O2. The number of nitrogens with zero attached hydrogens (tertiary/aromatic N) is 1. The number of nitrogens with two attached hydrogens (primary N) is 1. The molecule has 0 saturated carbocycles. The van der Waals surface area contributed by atoms with Gasteiger partial charge in [0, 0.05) is 28.4 Å². The standard InChI is InChI=1S/C22H22N2O2/c23-13-7-1-2-8-14-24-20-16-10-4-5-11-17(16)21(25)19(20)15-9-3-6-12-18(15)22(24)26/h3-6,9-12H,1-2,7-8,13-14,23H2. The lowest BCUT2D eigenvalue weighted by Gasteiger charge is -2.15. The van der Waals surface area contributed by atoms with Gasteiger partial charge in [0.25, 0.3) is 5.56 Å². The van der Waals surface area contributed by atoms with Gasteiger partial charge in [0.2, 0.25) is 0 Å². The van der Waals surface area contributed by atoms with Gasteiger partial charge in [-0.2, -0.15) is 0 Å². The van der Waals surface area contributed by atoms with Crippen LogP contribution < -0.4 is 11.3 Å². The van der Waals surface area contributed by atoms with Crippen molar-refractivity contribution >= 4 is 16.6 Å². The molecule has 0 fully saturated rings. The molecule has 1 heterocycles. The SMILES string of the molecule is NCCCCCCn1c2c(c3ccccc3c1=O)C(=O)c1ccccc1-2. The lowest BCUT2D eigenvalue weighted by molar-refractivity contribution is 0.104. The third-order valence-electron chi connectivity index (χ3n) is 5.17. The van der Waals surface area contributed by atoms with E-state index in [-0.39, 0.29) is 11.3 Å². The molecule has 2 N–H and O–H groups in total. The Morgan fingerprint density at radius 2 is 1.42 bits per heavy atom. The van der Waals surface area contributed by atoms with Crippen LogP contribution in [0.15, 0.2) is 53.3 Å². The Labute approximate surface area is 152 Å². The van der Waals surface area contributed by atoms with Gasteiger partial charge in [-0.1, -0.05) is 55.3 Å². The monoisotopic (exact) mass is 346 g/mol. The molecule has 1 aromatic heterocycles. The van der Waals surface area contributed by atoms with Crippen LogP contribution in [0.3, 0.4) is 0 Å². The summed E-state index contributed by atoms with van der Waals surface area (Å²) in [6.07, 6.45) is 4.00. The number of rotatable bonds is 6. The summed E-state index contributed by atoms with van der Waals surface area (Å²) in [6.45, 7) is 1.32. The quantitative estimate of drug-likeness (QED) is 0.541. The molecule has 4 rings (SSSR count). The minimum atomic E-state index is -0.0114. The second kappa shape index (κ2) is 6.89. The van der Waals surface area contributed by atoms with Crippen LogP contribution in [0, 0.1) is 0 Å². The Kier molecular flexibility index (Phi) is 4.43. The zero-order valence-corrected chi connectivity index (χ0v) is 14.7. The molecule has 132 valence electrons. The van der Waals surface area contributed by atoms with Crippen LogP contribution in [0.5, 0.6) is 0 Å². The van der Waals surface area contributed by atoms with Crippen LogP contribution in [0.1, 0.15) is 41.6 Å². The summed E-state index contributed by atoms with van der Waals surface area (Å²) in [4.78, 5) is 26.2. The van der Waals surface area contributed by atoms with Gasteiger partial charge < -0.3 is 10.3 Å². The number of ketones is 1. The van der Waals surface area contributed by atoms with E-state index in [0.29, 0.717) is 29.6 Å². The second-order valence-electron chi connectivity index (χ2n) is 6.80. The average molecular weight is 346 g/mol. The number of benzene rings is 2. The Balaban J connectivity index is 1.88. The molecule has 1 aliphatic carbocycles. The van der Waals surface area contributed by atoms with E-state index in [1.807, 2.05) is 53.1 Å². The molecular weight excluding hydrogens is 324 g/mol. The van der Waals surface area contributed by atoms with Gasteiger partial charge in [0.1, 0.15) is 0 Å². The highest BCUT2D eigenvalue weighted by atomic mass is 16.1. The van der Waals surface area contributed by atoms with E-state index in [2.05, 4.69) is 0 Å². The van der Waals surface area contributed by atoms with Crippen molar-refractivity contribution in [1.82, 2.24) is 4.57 Å². The maximum Gasteiger partial charge on any atom is 0.258 e. The van der Waals surface area contributed by atoms with E-state index >= 15 is 0 Å². The second-order valence-corrected chi connectivity index (χ2v) is 6.80. The Bertz CT molecular complexity index is 1050. The molecule has 0 atom stereocenters. The zero-order chi connectivity index (χ0) is 18.1. The summed E-state index contributed by atoms with van der Waals surface area (Å²) >= 11 is 0. The molecule has 0 amide bonds. The summed E-state index contributed by atoms with van der Waals surface area (Å²) in [7, 11) is 0. The summed E-state index contributed by atoms with van der Waals surface area (Å²) in [6, 6.07) is 15.0. The molecule has 0 bridgehead atoms. The van der Waals surface area contributed by atoms with Crippen molar-refractivity contribution in [2.24, 2.45) is 5.73 Å². The lowest BCUT2D eigenvalue weighted by atomic mass is 10.0. The molecule has 0 radical (unpaired) electrons. The van der Waals surface area contributed by atoms with Gasteiger partial charge >= 0.3 is 0 Å². The third kappa shape index (κ3) is 2.58. The van der Waals surface area contributed by atoms with Crippen LogP contribution in [-0.4, -0.2) is 16.9 Å². The molecule has 4 nitrogen and oxygen atoms in total. The minimum absolute atomic E-state index is 0.0114. The van der Waals surface area contributed by atoms with Crippen molar-refractivity contribution in [2.75, 3.05) is 6.54 Å². The molecule has 0 saturated heterocycles. The molecule has 0 aliphatic heterocycles. The van der Waals surface area contributed by atoms with Crippen molar-refractivity contribution in [1.29, 1.82) is 0 Å². The number of carbonyl (C=O) groups is 1. The first-order valence-electron chi connectivity index (χ1n) is 9.23. The third-order valence-corrected chi connectivity index (χ3v) is 5.17. The largest absolute Gasteiger partial charge is 0.330 e. The van der Waals surface area contributed by atoms with E-state index < -0.39 is 0 Å². The summed E-state index contributed by atoms with van der Waals surface area (Å²) in [5, 5.41) is 1.38. The number of fused-ring (bicyclic) bond motifs is 5. The molecule has 26 heavy (non-hydrogen) atoms. The van der Waals surface area contributed by atoms with Crippen LogP contribution in [0.2, 0.25) is 0 Å². The number of carbonyl (C=O) groups excluding carboxylic acids is 1. The normalized spacial score (nSPS) is 12.4. The number of unbranched alkanes of at least 4 members (excludes halogenated alkanes) is 3. The van der Waals surface area contributed by atoms with E-state index in [0.717, 1.165) is 42.3 Å². The number of pyridine rings is 1. The number of hydrogen-bond donors (Lipinski definition) is 1. The first-order valence-corrected chi connectivity index (χ1v) is 9.23. The van der Waals surface area contributed by atoms with E-state index in [1.54, 1.807) is 0 Å². The Morgan fingerprint density at radius 1 is 0.769 bits per heavy atom. The zero-order valence-electron chi connectivity index (χ0n) is 14.7. The van der Waals surface area contributed by atoms with Crippen molar-refractivity contribution in [3.8, 4) is 11.3 Å². The summed E-state index contributed by atoms with van der Waals surface area (Å²) in [5.41, 5.74) is 8.56. The van der Waals surface area contributed by atoms with Gasteiger partial charge in [-0.05, 0) is 25.5 Å². The van der Waals surface area contributed by atoms with Gasteiger partial charge in [0.15, 0.2) is 5.78 Å². The predicted molar refractivity (Wildman–Crippen MR) is 105 cm³/mol. The average Bonchev–Trinajstić information content (AvgIpc) is 2.97. The van der Waals surface area contributed by atoms with E-state index in [9.17, 15) is 9.59 Å². The topological polar surface area (TPSA) is 65.1 Å². The van der Waals surface area contributed by atoms with Crippen molar-refractivity contribution in [3.05, 3.63) is 70.0 Å². The molecule has 3 aromatic rings. The summed E-state index contributed by atoms with van der Waals surface area (Å²) < 4.78 is 1.81. The van der Waals surface area contributed by atoms with Gasteiger partial charge in [0.05, 0.1) is 11.3 Å². The molecule has 4 heteroatoms. The highest BCUT2D eigenvalue weighted by Crippen LogP contribution is 2.39. The van der Waals surface area contributed by atoms with Crippen LogP contribution >= 0.6 is 0 Å².